The molecule has 4 aliphatic rings. The Kier molecular flexibility index (Phi) is 4.17. The molecule has 0 spiro atoms. The fourth-order valence-electron chi connectivity index (χ4n) is 8.30. The third-order valence-electron chi connectivity index (χ3n) is 9.95. The molecule has 4 heteroatoms. The number of hydrogen-bond acceptors (Lipinski definition) is 4. The van der Waals surface area contributed by atoms with Gasteiger partial charge in [-0.15, -0.1) is 0 Å². The second kappa shape index (κ2) is 6.18. The molecule has 5 rings (SSSR count). The molecule has 8 atom stereocenters. The highest BCUT2D eigenvalue weighted by molar-refractivity contribution is 5.27. The molecule has 4 saturated carbocycles. The van der Waals surface area contributed by atoms with Crippen LogP contribution in [0.3, 0.4) is 0 Å². The smallest absolute Gasteiger partial charge is 0.335 e. The lowest BCUT2D eigenvalue weighted by molar-refractivity contribution is -0.205. The predicted molar refractivity (Wildman–Crippen MR) is 107 cm³/mol. The topological polar surface area (TPSA) is 70.7 Å². The summed E-state index contributed by atoms with van der Waals surface area (Å²) in [7, 11) is 0. The number of aliphatic hydroxyl groups is 2. The van der Waals surface area contributed by atoms with Crippen LogP contribution in [0.25, 0.3) is 0 Å². The van der Waals surface area contributed by atoms with Crippen molar-refractivity contribution in [2.45, 2.75) is 89.3 Å². The Balaban J connectivity index is 1.48. The zero-order valence-corrected chi connectivity index (χ0v) is 17.2. The first-order valence-corrected chi connectivity index (χ1v) is 11.3. The van der Waals surface area contributed by atoms with E-state index in [2.05, 4.69) is 13.8 Å². The van der Waals surface area contributed by atoms with Crippen LogP contribution in [0, 0.1) is 28.6 Å². The van der Waals surface area contributed by atoms with Gasteiger partial charge >= 0.3 is 5.63 Å². The van der Waals surface area contributed by atoms with Gasteiger partial charge in [0.15, 0.2) is 0 Å². The molecule has 0 aromatic carbocycles. The second-order valence-corrected chi connectivity index (χ2v) is 10.8. The van der Waals surface area contributed by atoms with Crippen LogP contribution in [0.1, 0.15) is 83.1 Å². The van der Waals surface area contributed by atoms with Gasteiger partial charge < -0.3 is 14.6 Å². The average Bonchev–Trinajstić information content (AvgIpc) is 2.95. The van der Waals surface area contributed by atoms with Gasteiger partial charge in [-0.25, -0.2) is 4.79 Å². The number of rotatable bonds is 1. The van der Waals surface area contributed by atoms with Crippen LogP contribution in [-0.4, -0.2) is 21.9 Å². The Hall–Kier alpha value is -1.13. The third kappa shape index (κ3) is 2.40. The Morgan fingerprint density at radius 3 is 2.57 bits per heavy atom. The van der Waals surface area contributed by atoms with E-state index in [0.717, 1.165) is 56.9 Å². The number of aliphatic hydroxyl groups excluding tert-OH is 1. The summed E-state index contributed by atoms with van der Waals surface area (Å²) in [6, 6.07) is 3.42. The summed E-state index contributed by atoms with van der Waals surface area (Å²) in [4.78, 5) is 11.4. The predicted octanol–water partition coefficient (Wildman–Crippen LogP) is 4.24. The minimum atomic E-state index is -0.638. The highest BCUT2D eigenvalue weighted by Crippen LogP contribution is 2.70. The van der Waals surface area contributed by atoms with E-state index >= 15 is 0 Å². The summed E-state index contributed by atoms with van der Waals surface area (Å²) < 4.78 is 5.17. The first-order valence-electron chi connectivity index (χ1n) is 11.3. The maximum absolute atomic E-state index is 12.2. The molecule has 0 radical (unpaired) electrons. The molecule has 2 N–H and O–H groups in total. The second-order valence-electron chi connectivity index (χ2n) is 10.8. The molecule has 1 aromatic heterocycles. The molecule has 28 heavy (non-hydrogen) atoms. The molecule has 4 fully saturated rings. The van der Waals surface area contributed by atoms with E-state index in [1.807, 2.05) is 6.07 Å². The molecule has 154 valence electrons. The SMILES string of the molecule is C[C@]12CC[C@H](O)C[C@H]1CC[C@@H]1C2CC[C@]2(C)[C@@H](c3ccc(=O)oc3)CC[C@]12O. The van der Waals surface area contributed by atoms with E-state index in [4.69, 9.17) is 4.42 Å². The third-order valence-corrected chi connectivity index (χ3v) is 9.95. The quantitative estimate of drug-likeness (QED) is 0.757. The van der Waals surface area contributed by atoms with E-state index in [9.17, 15) is 15.0 Å². The zero-order chi connectivity index (χ0) is 19.7. The van der Waals surface area contributed by atoms with Gasteiger partial charge in [0.25, 0.3) is 0 Å². The normalized spacial score (nSPS) is 50.5. The molecular formula is C24H34O4. The van der Waals surface area contributed by atoms with Crippen molar-refractivity contribution in [3.8, 4) is 0 Å². The van der Waals surface area contributed by atoms with Crippen LogP contribution in [0.2, 0.25) is 0 Å². The maximum atomic E-state index is 12.2. The van der Waals surface area contributed by atoms with Gasteiger partial charge in [0, 0.05) is 11.5 Å². The summed E-state index contributed by atoms with van der Waals surface area (Å²) in [6.45, 7) is 4.73. The molecular weight excluding hydrogens is 352 g/mol. The summed E-state index contributed by atoms with van der Waals surface area (Å²) in [6.07, 6.45) is 10.7. The van der Waals surface area contributed by atoms with Crippen molar-refractivity contribution in [3.05, 3.63) is 34.4 Å². The van der Waals surface area contributed by atoms with Gasteiger partial charge in [0.1, 0.15) is 0 Å². The standard InChI is InChI=1S/C24H34O4/c1-22-10-7-17(25)13-16(22)4-5-20-19(22)8-11-23(2)18(9-12-24(20,23)27)15-3-6-21(26)28-14-15/h3,6,14,16-20,25,27H,4-5,7-13H2,1-2H3/t16-,17+,18-,19?,20-,22+,23-,24+/m1/s1. The van der Waals surface area contributed by atoms with Gasteiger partial charge in [-0.05, 0) is 98.5 Å². The lowest BCUT2D eigenvalue weighted by Gasteiger charge is -2.63. The monoisotopic (exact) mass is 386 g/mol. The summed E-state index contributed by atoms with van der Waals surface area (Å²) >= 11 is 0. The van der Waals surface area contributed by atoms with E-state index in [1.54, 1.807) is 6.26 Å². The van der Waals surface area contributed by atoms with E-state index in [-0.39, 0.29) is 28.5 Å². The van der Waals surface area contributed by atoms with E-state index < -0.39 is 5.60 Å². The van der Waals surface area contributed by atoms with Crippen molar-refractivity contribution in [3.63, 3.8) is 0 Å². The Bertz CT molecular complexity index is 797. The highest BCUT2D eigenvalue weighted by atomic mass is 16.4. The van der Waals surface area contributed by atoms with Crippen LogP contribution in [0.15, 0.2) is 27.6 Å². The minimum absolute atomic E-state index is 0.129. The van der Waals surface area contributed by atoms with Crippen molar-refractivity contribution >= 4 is 0 Å². The molecule has 1 unspecified atom stereocenters. The Labute approximate surface area is 167 Å². The molecule has 0 saturated heterocycles. The fourth-order valence-corrected chi connectivity index (χ4v) is 8.30. The van der Waals surface area contributed by atoms with Crippen molar-refractivity contribution in [1.82, 2.24) is 0 Å². The van der Waals surface area contributed by atoms with Crippen LogP contribution < -0.4 is 5.63 Å². The van der Waals surface area contributed by atoms with Crippen LogP contribution >= 0.6 is 0 Å². The molecule has 4 aliphatic carbocycles. The van der Waals surface area contributed by atoms with Crippen molar-refractivity contribution in [1.29, 1.82) is 0 Å². The number of hydrogen-bond donors (Lipinski definition) is 2. The minimum Gasteiger partial charge on any atom is -0.431 e. The Morgan fingerprint density at radius 1 is 1.00 bits per heavy atom. The van der Waals surface area contributed by atoms with Crippen molar-refractivity contribution in [2.75, 3.05) is 0 Å². The van der Waals surface area contributed by atoms with Crippen LogP contribution in [-0.2, 0) is 0 Å². The van der Waals surface area contributed by atoms with Crippen LogP contribution in [0.4, 0.5) is 0 Å². The van der Waals surface area contributed by atoms with Crippen molar-refractivity contribution < 1.29 is 14.6 Å². The average molecular weight is 387 g/mol. The zero-order valence-electron chi connectivity index (χ0n) is 17.2. The fraction of sp³-hybridized carbons (Fsp3) is 0.792. The van der Waals surface area contributed by atoms with E-state index in [0.29, 0.717) is 17.8 Å². The van der Waals surface area contributed by atoms with Gasteiger partial charge in [-0.3, -0.25) is 0 Å². The highest BCUT2D eigenvalue weighted by Gasteiger charge is 2.67. The first kappa shape index (κ1) is 18.9. The summed E-state index contributed by atoms with van der Waals surface area (Å²) in [5, 5.41) is 22.4. The molecule has 0 bridgehead atoms. The van der Waals surface area contributed by atoms with Gasteiger partial charge in [-0.2, -0.15) is 0 Å². The van der Waals surface area contributed by atoms with Gasteiger partial charge in [-0.1, -0.05) is 13.8 Å². The van der Waals surface area contributed by atoms with Crippen LogP contribution in [0.5, 0.6) is 0 Å². The van der Waals surface area contributed by atoms with Crippen molar-refractivity contribution in [2.24, 2.45) is 28.6 Å². The Morgan fingerprint density at radius 2 is 1.82 bits per heavy atom. The lowest BCUT2D eigenvalue weighted by atomic mass is 9.43. The largest absolute Gasteiger partial charge is 0.431 e. The molecule has 0 aliphatic heterocycles. The lowest BCUT2D eigenvalue weighted by Crippen LogP contribution is -2.62. The van der Waals surface area contributed by atoms with Gasteiger partial charge in [0.2, 0.25) is 0 Å². The summed E-state index contributed by atoms with van der Waals surface area (Å²) in [5.41, 5.74) is 0.219. The van der Waals surface area contributed by atoms with E-state index in [1.165, 1.54) is 12.5 Å². The molecule has 0 amide bonds. The maximum Gasteiger partial charge on any atom is 0.335 e. The molecule has 4 nitrogen and oxygen atoms in total. The number of fused-ring (bicyclic) bond motifs is 5. The molecule has 1 heterocycles. The van der Waals surface area contributed by atoms with Gasteiger partial charge in [0.05, 0.1) is 18.0 Å². The summed E-state index contributed by atoms with van der Waals surface area (Å²) in [5.74, 6) is 1.76. The first-order chi connectivity index (χ1) is 13.3. The molecule has 1 aromatic rings.